The topological polar surface area (TPSA) is 70.2 Å². The predicted octanol–water partition coefficient (Wildman–Crippen LogP) is 4.49. The number of benzene rings is 2. The minimum atomic E-state index is -3.77. The maximum absolute atomic E-state index is 13.0. The molecule has 3 rings (SSSR count). The molecule has 1 fully saturated rings. The van der Waals surface area contributed by atoms with E-state index in [1.54, 1.807) is 24.3 Å². The molecule has 1 aliphatic rings. The molecule has 0 saturated heterocycles. The molecule has 0 unspecified atom stereocenters. The fourth-order valence-electron chi connectivity index (χ4n) is 3.32. The Kier molecular flexibility index (Phi) is 6.51. The molecule has 2 aromatic rings. The predicted molar refractivity (Wildman–Crippen MR) is 114 cm³/mol. The van der Waals surface area contributed by atoms with Crippen LogP contribution in [0.25, 0.3) is 0 Å². The molecule has 28 heavy (non-hydrogen) atoms. The van der Waals surface area contributed by atoms with Gasteiger partial charge in [0.25, 0.3) is 10.0 Å². The summed E-state index contributed by atoms with van der Waals surface area (Å²) in [5.74, 6) is 0.110. The Morgan fingerprint density at radius 1 is 1.00 bits per heavy atom. The highest BCUT2D eigenvalue weighted by Crippen LogP contribution is 2.24. The highest BCUT2D eigenvalue weighted by molar-refractivity contribution is 7.92. The van der Waals surface area contributed by atoms with Crippen molar-refractivity contribution in [2.24, 2.45) is 5.92 Å². The molecule has 150 valence electrons. The van der Waals surface area contributed by atoms with Gasteiger partial charge in [-0.2, -0.15) is 0 Å². The van der Waals surface area contributed by atoms with Crippen LogP contribution in [0.4, 0.5) is 15.8 Å². The van der Waals surface area contributed by atoms with Crippen molar-refractivity contribution in [1.82, 2.24) is 5.32 Å². The van der Waals surface area contributed by atoms with Crippen molar-refractivity contribution in [2.75, 3.05) is 10.0 Å². The summed E-state index contributed by atoms with van der Waals surface area (Å²) < 4.78 is 40.2. The second-order valence-corrected chi connectivity index (χ2v) is 9.19. The van der Waals surface area contributed by atoms with E-state index >= 15 is 0 Å². The molecular weight excluding hydrogens is 397 g/mol. The van der Waals surface area contributed by atoms with Crippen LogP contribution in [0.15, 0.2) is 53.4 Å². The van der Waals surface area contributed by atoms with Gasteiger partial charge >= 0.3 is 0 Å². The van der Waals surface area contributed by atoms with Gasteiger partial charge in [-0.1, -0.05) is 19.8 Å². The smallest absolute Gasteiger partial charge is 0.261 e. The van der Waals surface area contributed by atoms with Gasteiger partial charge in [0.15, 0.2) is 5.11 Å². The van der Waals surface area contributed by atoms with Crippen LogP contribution in [0.5, 0.6) is 0 Å². The standard InChI is InChI=1S/C20H24FN3O2S2/c1-14-4-2-3-5-19(14)23-20(27)22-16-8-10-17(11-9-16)24-28(25,26)18-12-6-15(21)7-13-18/h6-14,19,24H,2-5H2,1H3,(H2,22,23,27)/t14-,19+/m1/s1. The molecule has 8 heteroatoms. The molecule has 2 aromatic carbocycles. The zero-order valence-corrected chi connectivity index (χ0v) is 17.2. The lowest BCUT2D eigenvalue weighted by Gasteiger charge is -2.30. The summed E-state index contributed by atoms with van der Waals surface area (Å²) in [6, 6.07) is 11.9. The number of sulfonamides is 1. The quantitative estimate of drug-likeness (QED) is 0.621. The van der Waals surface area contributed by atoms with Crippen molar-refractivity contribution in [3.8, 4) is 0 Å². The van der Waals surface area contributed by atoms with Crippen LogP contribution < -0.4 is 15.4 Å². The number of halogens is 1. The molecule has 0 radical (unpaired) electrons. The summed E-state index contributed by atoms with van der Waals surface area (Å²) in [4.78, 5) is 0.00285. The molecule has 0 bridgehead atoms. The third-order valence-corrected chi connectivity index (χ3v) is 6.56. The highest BCUT2D eigenvalue weighted by atomic mass is 32.2. The van der Waals surface area contributed by atoms with Crippen molar-refractivity contribution < 1.29 is 12.8 Å². The van der Waals surface area contributed by atoms with Gasteiger partial charge < -0.3 is 10.6 Å². The number of nitrogens with one attached hydrogen (secondary N) is 3. The zero-order chi connectivity index (χ0) is 20.1. The van der Waals surface area contributed by atoms with Crippen LogP contribution in [0.1, 0.15) is 32.6 Å². The Hall–Kier alpha value is -2.19. The fourth-order valence-corrected chi connectivity index (χ4v) is 4.64. The van der Waals surface area contributed by atoms with Crippen LogP contribution in [0, 0.1) is 11.7 Å². The lowest BCUT2D eigenvalue weighted by molar-refractivity contribution is 0.309. The van der Waals surface area contributed by atoms with E-state index in [9.17, 15) is 12.8 Å². The van der Waals surface area contributed by atoms with Crippen molar-refractivity contribution in [2.45, 2.75) is 43.5 Å². The third-order valence-electron chi connectivity index (χ3n) is 4.95. The van der Waals surface area contributed by atoms with Crippen LogP contribution in [-0.4, -0.2) is 19.6 Å². The van der Waals surface area contributed by atoms with Crippen molar-refractivity contribution in [3.05, 3.63) is 54.3 Å². The molecule has 0 aromatic heterocycles. The summed E-state index contributed by atoms with van der Waals surface area (Å²) >= 11 is 5.40. The monoisotopic (exact) mass is 421 g/mol. The van der Waals surface area contributed by atoms with E-state index in [0.717, 1.165) is 24.2 Å². The normalized spacial score (nSPS) is 19.6. The first-order chi connectivity index (χ1) is 13.3. The van der Waals surface area contributed by atoms with Crippen molar-refractivity contribution in [1.29, 1.82) is 0 Å². The molecular formula is C20H24FN3O2S2. The third kappa shape index (κ3) is 5.42. The molecule has 0 spiro atoms. The van der Waals surface area contributed by atoms with Crippen molar-refractivity contribution >= 4 is 38.7 Å². The second-order valence-electron chi connectivity index (χ2n) is 7.10. The fraction of sp³-hybridized carbons (Fsp3) is 0.350. The van der Waals surface area contributed by atoms with Crippen LogP contribution >= 0.6 is 12.2 Å². The number of anilines is 2. The zero-order valence-electron chi connectivity index (χ0n) is 15.6. The highest BCUT2D eigenvalue weighted by Gasteiger charge is 2.21. The summed E-state index contributed by atoms with van der Waals surface area (Å²) in [5, 5.41) is 7.08. The molecule has 1 saturated carbocycles. The van der Waals surface area contributed by atoms with E-state index in [1.165, 1.54) is 31.4 Å². The number of hydrogen-bond acceptors (Lipinski definition) is 3. The Morgan fingerprint density at radius 3 is 2.25 bits per heavy atom. The van der Waals surface area contributed by atoms with Gasteiger partial charge in [0.1, 0.15) is 5.82 Å². The second kappa shape index (κ2) is 8.87. The van der Waals surface area contributed by atoms with Crippen LogP contribution in [0.2, 0.25) is 0 Å². The van der Waals surface area contributed by atoms with Gasteiger partial charge in [0.05, 0.1) is 4.90 Å². The molecule has 1 aliphatic carbocycles. The Morgan fingerprint density at radius 2 is 1.61 bits per heavy atom. The van der Waals surface area contributed by atoms with Gasteiger partial charge in [-0.3, -0.25) is 4.72 Å². The van der Waals surface area contributed by atoms with E-state index in [4.69, 9.17) is 12.2 Å². The summed E-state index contributed by atoms with van der Waals surface area (Å²) in [6.07, 6.45) is 4.82. The Labute approximate surface area is 170 Å². The van der Waals surface area contributed by atoms with Gasteiger partial charge in [-0.05, 0) is 79.5 Å². The van der Waals surface area contributed by atoms with Crippen molar-refractivity contribution in [3.63, 3.8) is 0 Å². The van der Waals surface area contributed by atoms with E-state index in [1.807, 2.05) is 0 Å². The summed E-state index contributed by atoms with van der Waals surface area (Å²) in [5.41, 5.74) is 1.18. The van der Waals surface area contributed by atoms with E-state index in [2.05, 4.69) is 22.3 Å². The molecule has 0 heterocycles. The Balaban J connectivity index is 1.58. The minimum absolute atomic E-state index is 0.00285. The average molecular weight is 422 g/mol. The first-order valence-electron chi connectivity index (χ1n) is 9.29. The molecule has 0 amide bonds. The largest absolute Gasteiger partial charge is 0.359 e. The van der Waals surface area contributed by atoms with E-state index in [0.29, 0.717) is 22.8 Å². The number of thiocarbonyl (C=S) groups is 1. The minimum Gasteiger partial charge on any atom is -0.359 e. The first-order valence-corrected chi connectivity index (χ1v) is 11.2. The SMILES string of the molecule is C[C@@H]1CCCC[C@@H]1NC(=S)Nc1ccc(NS(=O)(=O)c2ccc(F)cc2)cc1. The van der Waals surface area contributed by atoms with Gasteiger partial charge in [-0.25, -0.2) is 12.8 Å². The lowest BCUT2D eigenvalue weighted by atomic mass is 9.86. The van der Waals surface area contributed by atoms with E-state index < -0.39 is 15.8 Å². The maximum Gasteiger partial charge on any atom is 0.261 e. The first kappa shape index (κ1) is 20.5. The molecule has 2 atom stereocenters. The summed E-state index contributed by atoms with van der Waals surface area (Å²) in [6.45, 7) is 2.24. The maximum atomic E-state index is 13.0. The van der Waals surface area contributed by atoms with Crippen LogP contribution in [0.3, 0.4) is 0 Å². The van der Waals surface area contributed by atoms with Gasteiger partial charge in [0, 0.05) is 17.4 Å². The average Bonchev–Trinajstić information content (AvgIpc) is 2.65. The molecule has 5 nitrogen and oxygen atoms in total. The molecule has 3 N–H and O–H groups in total. The molecule has 0 aliphatic heterocycles. The number of rotatable bonds is 5. The van der Waals surface area contributed by atoms with Gasteiger partial charge in [-0.15, -0.1) is 0 Å². The van der Waals surface area contributed by atoms with E-state index in [-0.39, 0.29) is 4.90 Å². The number of hydrogen-bond donors (Lipinski definition) is 3. The Bertz CT molecular complexity index is 915. The lowest BCUT2D eigenvalue weighted by Crippen LogP contribution is -2.43. The summed E-state index contributed by atoms with van der Waals surface area (Å²) in [7, 11) is -3.77. The van der Waals surface area contributed by atoms with Gasteiger partial charge in [0.2, 0.25) is 0 Å². The van der Waals surface area contributed by atoms with Crippen LogP contribution in [-0.2, 0) is 10.0 Å².